The molecule has 0 aliphatic carbocycles. The van der Waals surface area contributed by atoms with Crippen LogP contribution in [-0.2, 0) is 9.53 Å². The zero-order valence-electron chi connectivity index (χ0n) is 14.7. The molecule has 3 nitrogen and oxygen atoms in total. The van der Waals surface area contributed by atoms with Crippen LogP contribution in [0.5, 0.6) is 0 Å². The van der Waals surface area contributed by atoms with Crippen LogP contribution in [0, 0.1) is 0 Å². The second kappa shape index (κ2) is 15.8. The van der Waals surface area contributed by atoms with Crippen molar-refractivity contribution in [3.05, 3.63) is 0 Å². The molecule has 0 unspecified atom stereocenters. The lowest BCUT2D eigenvalue weighted by molar-refractivity contribution is -0.135. The van der Waals surface area contributed by atoms with Crippen molar-refractivity contribution in [2.24, 2.45) is 0 Å². The van der Waals surface area contributed by atoms with Gasteiger partial charge in [-0.3, -0.25) is 4.79 Å². The van der Waals surface area contributed by atoms with Crippen molar-refractivity contribution in [3.8, 4) is 0 Å². The van der Waals surface area contributed by atoms with Gasteiger partial charge in [-0.25, -0.2) is 0 Å². The van der Waals surface area contributed by atoms with Crippen LogP contribution in [0.4, 0.5) is 0 Å². The monoisotopic (exact) mass is 299 g/mol. The standard InChI is InChI=1S/C18H37NO2/c1-4-6-8-10-12-14-16-19(18(20)17-21-3)15-13-11-9-7-5-2/h4-17H2,1-3H3. The molecule has 0 radical (unpaired) electrons. The second-order valence-electron chi connectivity index (χ2n) is 6.00. The highest BCUT2D eigenvalue weighted by atomic mass is 16.5. The first kappa shape index (κ1) is 20.4. The average Bonchev–Trinajstić information content (AvgIpc) is 2.48. The molecule has 0 bridgehead atoms. The Balaban J connectivity index is 3.83. The highest BCUT2D eigenvalue weighted by molar-refractivity contribution is 5.77. The molecule has 0 rings (SSSR count). The number of hydrogen-bond acceptors (Lipinski definition) is 2. The van der Waals surface area contributed by atoms with Gasteiger partial charge in [0.05, 0.1) is 0 Å². The lowest BCUT2D eigenvalue weighted by atomic mass is 10.1. The highest BCUT2D eigenvalue weighted by Crippen LogP contribution is 2.08. The Morgan fingerprint density at radius 3 is 1.62 bits per heavy atom. The predicted octanol–water partition coefficient (Wildman–Crippen LogP) is 4.79. The molecule has 126 valence electrons. The van der Waals surface area contributed by atoms with Crippen molar-refractivity contribution in [1.82, 2.24) is 4.90 Å². The van der Waals surface area contributed by atoms with Gasteiger partial charge in [0.15, 0.2) is 0 Å². The van der Waals surface area contributed by atoms with Crippen LogP contribution in [0.2, 0.25) is 0 Å². The number of amides is 1. The Morgan fingerprint density at radius 2 is 1.19 bits per heavy atom. The summed E-state index contributed by atoms with van der Waals surface area (Å²) >= 11 is 0. The van der Waals surface area contributed by atoms with Crippen molar-refractivity contribution >= 4 is 5.91 Å². The van der Waals surface area contributed by atoms with E-state index in [1.807, 2.05) is 4.90 Å². The Labute approximate surface area is 132 Å². The highest BCUT2D eigenvalue weighted by Gasteiger charge is 2.12. The van der Waals surface area contributed by atoms with E-state index in [1.165, 1.54) is 57.8 Å². The topological polar surface area (TPSA) is 29.5 Å². The van der Waals surface area contributed by atoms with E-state index in [-0.39, 0.29) is 12.5 Å². The maximum Gasteiger partial charge on any atom is 0.248 e. The van der Waals surface area contributed by atoms with Crippen LogP contribution in [0.25, 0.3) is 0 Å². The minimum Gasteiger partial charge on any atom is -0.375 e. The summed E-state index contributed by atoms with van der Waals surface area (Å²) in [5, 5.41) is 0. The van der Waals surface area contributed by atoms with Crippen LogP contribution in [0.15, 0.2) is 0 Å². The van der Waals surface area contributed by atoms with E-state index < -0.39 is 0 Å². The van der Waals surface area contributed by atoms with Crippen LogP contribution in [-0.4, -0.2) is 37.6 Å². The third kappa shape index (κ3) is 12.9. The molecule has 0 aromatic rings. The number of methoxy groups -OCH3 is 1. The van der Waals surface area contributed by atoms with Crippen LogP contribution >= 0.6 is 0 Å². The van der Waals surface area contributed by atoms with Crippen LogP contribution < -0.4 is 0 Å². The molecule has 21 heavy (non-hydrogen) atoms. The normalized spacial score (nSPS) is 10.8. The lowest BCUT2D eigenvalue weighted by Crippen LogP contribution is -2.35. The summed E-state index contributed by atoms with van der Waals surface area (Å²) in [4.78, 5) is 14.0. The van der Waals surface area contributed by atoms with E-state index in [4.69, 9.17) is 4.74 Å². The summed E-state index contributed by atoms with van der Waals surface area (Å²) in [6.45, 7) is 6.50. The first-order valence-corrected chi connectivity index (χ1v) is 9.02. The van der Waals surface area contributed by atoms with Gasteiger partial charge in [-0.05, 0) is 12.8 Å². The molecule has 0 aliphatic heterocycles. The Hall–Kier alpha value is -0.570. The van der Waals surface area contributed by atoms with E-state index in [0.29, 0.717) is 0 Å². The minimum absolute atomic E-state index is 0.154. The van der Waals surface area contributed by atoms with Crippen LogP contribution in [0.3, 0.4) is 0 Å². The van der Waals surface area contributed by atoms with Crippen molar-refractivity contribution in [2.45, 2.75) is 84.5 Å². The summed E-state index contributed by atoms with van der Waals surface area (Å²) in [6.07, 6.45) is 13.9. The molecule has 0 saturated carbocycles. The SMILES string of the molecule is CCCCCCCCN(CCCCCCC)C(=O)COC. The van der Waals surface area contributed by atoms with Gasteiger partial charge < -0.3 is 9.64 Å². The molecular weight excluding hydrogens is 262 g/mol. The van der Waals surface area contributed by atoms with Crippen molar-refractivity contribution in [2.75, 3.05) is 26.8 Å². The van der Waals surface area contributed by atoms with E-state index in [1.54, 1.807) is 7.11 Å². The molecule has 0 aromatic carbocycles. The van der Waals surface area contributed by atoms with E-state index in [2.05, 4.69) is 13.8 Å². The molecule has 3 heteroatoms. The van der Waals surface area contributed by atoms with Crippen LogP contribution in [0.1, 0.15) is 84.5 Å². The number of carbonyl (C=O) groups excluding carboxylic acids is 1. The number of ether oxygens (including phenoxy) is 1. The lowest BCUT2D eigenvalue weighted by Gasteiger charge is -2.22. The maximum absolute atomic E-state index is 12.0. The fraction of sp³-hybridized carbons (Fsp3) is 0.944. The molecule has 0 saturated heterocycles. The minimum atomic E-state index is 0.154. The summed E-state index contributed by atoms with van der Waals surface area (Å²) in [5.74, 6) is 0.154. The van der Waals surface area contributed by atoms with E-state index in [0.717, 1.165) is 25.9 Å². The van der Waals surface area contributed by atoms with Gasteiger partial charge in [0.25, 0.3) is 0 Å². The third-order valence-corrected chi connectivity index (χ3v) is 3.93. The second-order valence-corrected chi connectivity index (χ2v) is 6.00. The van der Waals surface area contributed by atoms with Gasteiger partial charge in [0.1, 0.15) is 6.61 Å². The van der Waals surface area contributed by atoms with Gasteiger partial charge in [0.2, 0.25) is 5.91 Å². The fourth-order valence-corrected chi connectivity index (χ4v) is 2.57. The van der Waals surface area contributed by atoms with Gasteiger partial charge in [-0.1, -0.05) is 71.6 Å². The first-order valence-electron chi connectivity index (χ1n) is 9.02. The first-order chi connectivity index (χ1) is 10.3. The molecule has 0 N–H and O–H groups in total. The number of hydrogen-bond donors (Lipinski definition) is 0. The maximum atomic E-state index is 12.0. The Kier molecular flexibility index (Phi) is 15.4. The van der Waals surface area contributed by atoms with E-state index in [9.17, 15) is 4.79 Å². The third-order valence-electron chi connectivity index (χ3n) is 3.93. The number of rotatable bonds is 15. The Morgan fingerprint density at radius 1 is 0.762 bits per heavy atom. The molecule has 0 spiro atoms. The van der Waals surface area contributed by atoms with Gasteiger partial charge in [-0.2, -0.15) is 0 Å². The smallest absolute Gasteiger partial charge is 0.248 e. The van der Waals surface area contributed by atoms with Gasteiger partial charge in [-0.15, -0.1) is 0 Å². The summed E-state index contributed by atoms with van der Waals surface area (Å²) < 4.78 is 5.00. The van der Waals surface area contributed by atoms with E-state index >= 15 is 0 Å². The Bertz CT molecular complexity index is 231. The molecule has 1 amide bonds. The van der Waals surface area contributed by atoms with Crippen molar-refractivity contribution in [3.63, 3.8) is 0 Å². The molecule has 0 aliphatic rings. The fourth-order valence-electron chi connectivity index (χ4n) is 2.57. The molecule has 0 atom stereocenters. The predicted molar refractivity (Wildman–Crippen MR) is 90.6 cm³/mol. The summed E-state index contributed by atoms with van der Waals surface area (Å²) in [5.41, 5.74) is 0. The van der Waals surface area contributed by atoms with Crippen molar-refractivity contribution in [1.29, 1.82) is 0 Å². The number of carbonyl (C=O) groups is 1. The molecule has 0 fully saturated rings. The van der Waals surface area contributed by atoms with Gasteiger partial charge >= 0.3 is 0 Å². The summed E-state index contributed by atoms with van der Waals surface area (Å²) in [6, 6.07) is 0. The summed E-state index contributed by atoms with van der Waals surface area (Å²) in [7, 11) is 1.60. The molecule has 0 heterocycles. The molecule has 0 aromatic heterocycles. The average molecular weight is 299 g/mol. The van der Waals surface area contributed by atoms with Gasteiger partial charge in [0, 0.05) is 20.2 Å². The quantitative estimate of drug-likeness (QED) is 0.407. The number of unbranched alkanes of at least 4 members (excludes halogenated alkanes) is 9. The zero-order chi connectivity index (χ0) is 15.8. The van der Waals surface area contributed by atoms with Crippen molar-refractivity contribution < 1.29 is 9.53 Å². The number of nitrogens with zero attached hydrogens (tertiary/aromatic N) is 1. The molecular formula is C18H37NO2. The largest absolute Gasteiger partial charge is 0.375 e. The zero-order valence-corrected chi connectivity index (χ0v) is 14.7.